The average molecular weight is 376 g/mol. The van der Waals surface area contributed by atoms with Gasteiger partial charge in [0, 0.05) is 20.0 Å². The molecule has 1 aromatic rings. The van der Waals surface area contributed by atoms with Gasteiger partial charge in [0.1, 0.15) is 12.6 Å². The van der Waals surface area contributed by atoms with Gasteiger partial charge in [-0.05, 0) is 17.9 Å². The van der Waals surface area contributed by atoms with Gasteiger partial charge >= 0.3 is 12.1 Å². The molecule has 0 spiro atoms. The maximum atomic E-state index is 12.4. The second-order valence-electron chi connectivity index (χ2n) is 7.07. The first kappa shape index (κ1) is 20.7. The molecule has 0 saturated carbocycles. The molecular weight excluding hydrogens is 348 g/mol. The Kier molecular flexibility index (Phi) is 7.21. The van der Waals surface area contributed by atoms with Gasteiger partial charge in [-0.1, -0.05) is 44.2 Å². The molecule has 1 aliphatic heterocycles. The Bertz CT molecular complexity index is 662. The zero-order chi connectivity index (χ0) is 20.0. The van der Waals surface area contributed by atoms with E-state index >= 15 is 0 Å². The van der Waals surface area contributed by atoms with Gasteiger partial charge in [0.2, 0.25) is 5.91 Å². The van der Waals surface area contributed by atoms with Crippen LogP contribution in [0.2, 0.25) is 0 Å². The van der Waals surface area contributed by atoms with E-state index in [1.165, 1.54) is 14.0 Å². The standard InChI is InChI=1S/C20H28N2O5/c1-14(2)18(19(24)26-4)22(15(3)23)17-10-11-21(12-17)20(25)27-13-16-8-6-5-7-9-16/h5-9,14,17-18H,10-13H2,1-4H3. The molecule has 148 valence electrons. The fourth-order valence-electron chi connectivity index (χ4n) is 3.45. The first-order valence-electron chi connectivity index (χ1n) is 9.17. The van der Waals surface area contributed by atoms with Gasteiger partial charge in [-0.25, -0.2) is 9.59 Å². The molecule has 2 amide bonds. The molecule has 7 heteroatoms. The summed E-state index contributed by atoms with van der Waals surface area (Å²) in [6.45, 7) is 6.21. The number of esters is 1. The lowest BCUT2D eigenvalue weighted by atomic mass is 10.00. The molecule has 1 aromatic carbocycles. The van der Waals surface area contributed by atoms with E-state index in [0.29, 0.717) is 19.5 Å². The zero-order valence-electron chi connectivity index (χ0n) is 16.4. The summed E-state index contributed by atoms with van der Waals surface area (Å²) in [5.74, 6) is -0.741. The van der Waals surface area contributed by atoms with Crippen molar-refractivity contribution in [2.45, 2.75) is 45.9 Å². The lowest BCUT2D eigenvalue weighted by molar-refractivity contribution is -0.156. The van der Waals surface area contributed by atoms with Gasteiger partial charge in [0.15, 0.2) is 0 Å². The molecule has 2 atom stereocenters. The van der Waals surface area contributed by atoms with E-state index in [1.54, 1.807) is 9.80 Å². The summed E-state index contributed by atoms with van der Waals surface area (Å²) in [5.41, 5.74) is 0.914. The van der Waals surface area contributed by atoms with Gasteiger partial charge in [-0.2, -0.15) is 0 Å². The molecule has 2 unspecified atom stereocenters. The summed E-state index contributed by atoms with van der Waals surface area (Å²) in [6, 6.07) is 8.55. The van der Waals surface area contributed by atoms with Crippen molar-refractivity contribution in [3.05, 3.63) is 35.9 Å². The molecule has 7 nitrogen and oxygen atoms in total. The summed E-state index contributed by atoms with van der Waals surface area (Å²) in [4.78, 5) is 40.0. The molecule has 1 aliphatic rings. The number of likely N-dealkylation sites (tertiary alicyclic amines) is 1. The van der Waals surface area contributed by atoms with Gasteiger partial charge < -0.3 is 19.3 Å². The quantitative estimate of drug-likeness (QED) is 0.713. The van der Waals surface area contributed by atoms with Crippen LogP contribution in [0.3, 0.4) is 0 Å². The second-order valence-corrected chi connectivity index (χ2v) is 7.07. The van der Waals surface area contributed by atoms with Crippen LogP contribution >= 0.6 is 0 Å². The highest BCUT2D eigenvalue weighted by atomic mass is 16.6. The van der Waals surface area contributed by atoms with E-state index in [9.17, 15) is 14.4 Å². The van der Waals surface area contributed by atoms with Crippen LogP contribution in [0.4, 0.5) is 4.79 Å². The zero-order valence-corrected chi connectivity index (χ0v) is 16.4. The third-order valence-electron chi connectivity index (χ3n) is 4.76. The van der Waals surface area contributed by atoms with Gasteiger partial charge in [0.05, 0.1) is 13.2 Å². The smallest absolute Gasteiger partial charge is 0.410 e. The molecule has 0 N–H and O–H groups in total. The Morgan fingerprint density at radius 2 is 1.89 bits per heavy atom. The van der Waals surface area contributed by atoms with Crippen LogP contribution in [0.5, 0.6) is 0 Å². The molecule has 1 fully saturated rings. The van der Waals surface area contributed by atoms with Crippen molar-refractivity contribution in [2.75, 3.05) is 20.2 Å². The fourth-order valence-corrected chi connectivity index (χ4v) is 3.45. The highest BCUT2D eigenvalue weighted by Gasteiger charge is 2.40. The van der Waals surface area contributed by atoms with Crippen molar-refractivity contribution in [2.24, 2.45) is 5.92 Å². The molecule has 1 saturated heterocycles. The Morgan fingerprint density at radius 1 is 1.22 bits per heavy atom. The van der Waals surface area contributed by atoms with Crippen molar-refractivity contribution in [1.29, 1.82) is 0 Å². The number of benzene rings is 1. The minimum absolute atomic E-state index is 0.0968. The lowest BCUT2D eigenvalue weighted by Gasteiger charge is -2.36. The number of methoxy groups -OCH3 is 1. The molecule has 0 bridgehead atoms. The second kappa shape index (κ2) is 9.39. The van der Waals surface area contributed by atoms with Crippen molar-refractivity contribution in [3.8, 4) is 0 Å². The molecule has 27 heavy (non-hydrogen) atoms. The molecule has 0 aromatic heterocycles. The van der Waals surface area contributed by atoms with Crippen LogP contribution in [-0.4, -0.2) is 60.1 Å². The van der Waals surface area contributed by atoms with Crippen LogP contribution in [0.1, 0.15) is 32.8 Å². The number of hydrogen-bond donors (Lipinski definition) is 0. The van der Waals surface area contributed by atoms with Crippen molar-refractivity contribution >= 4 is 18.0 Å². The summed E-state index contributed by atoms with van der Waals surface area (Å²) in [5, 5.41) is 0. The number of nitrogens with zero attached hydrogens (tertiary/aromatic N) is 2. The summed E-state index contributed by atoms with van der Waals surface area (Å²) in [7, 11) is 1.32. The van der Waals surface area contributed by atoms with E-state index in [2.05, 4.69) is 0 Å². The maximum Gasteiger partial charge on any atom is 0.410 e. The van der Waals surface area contributed by atoms with Gasteiger partial charge in [-0.3, -0.25) is 4.79 Å². The minimum Gasteiger partial charge on any atom is -0.467 e. The molecule has 2 rings (SSSR count). The predicted octanol–water partition coefficient (Wildman–Crippen LogP) is 2.44. The summed E-state index contributed by atoms with van der Waals surface area (Å²) < 4.78 is 10.3. The van der Waals surface area contributed by atoms with Crippen molar-refractivity contribution < 1.29 is 23.9 Å². The summed E-state index contributed by atoms with van der Waals surface area (Å²) >= 11 is 0. The number of ether oxygens (including phenoxy) is 2. The number of rotatable bonds is 6. The molecule has 1 heterocycles. The van der Waals surface area contributed by atoms with Crippen LogP contribution in [-0.2, 0) is 25.7 Å². The monoisotopic (exact) mass is 376 g/mol. The third-order valence-corrected chi connectivity index (χ3v) is 4.76. The fraction of sp³-hybridized carbons (Fsp3) is 0.550. The Morgan fingerprint density at radius 3 is 2.44 bits per heavy atom. The number of carbonyl (C=O) groups excluding carboxylic acids is 3. The normalized spacial score (nSPS) is 17.5. The number of amides is 2. The van der Waals surface area contributed by atoms with E-state index in [-0.39, 0.29) is 24.5 Å². The summed E-state index contributed by atoms with van der Waals surface area (Å²) in [6.07, 6.45) is 0.185. The van der Waals surface area contributed by atoms with Crippen LogP contribution in [0.25, 0.3) is 0 Å². The van der Waals surface area contributed by atoms with Gasteiger partial charge in [-0.15, -0.1) is 0 Å². The first-order valence-corrected chi connectivity index (χ1v) is 9.17. The lowest BCUT2D eigenvalue weighted by Crippen LogP contribution is -2.53. The molecular formula is C20H28N2O5. The largest absolute Gasteiger partial charge is 0.467 e. The third kappa shape index (κ3) is 5.21. The van der Waals surface area contributed by atoms with E-state index < -0.39 is 18.1 Å². The van der Waals surface area contributed by atoms with E-state index in [0.717, 1.165) is 5.56 Å². The maximum absolute atomic E-state index is 12.4. The number of hydrogen-bond acceptors (Lipinski definition) is 5. The SMILES string of the molecule is COC(=O)C(C(C)C)N(C(C)=O)C1CCN(C(=O)OCc2ccccc2)C1. The minimum atomic E-state index is -0.669. The molecule has 0 aliphatic carbocycles. The van der Waals surface area contributed by atoms with Crippen LogP contribution in [0, 0.1) is 5.92 Å². The predicted molar refractivity (Wildman–Crippen MR) is 99.8 cm³/mol. The molecule has 0 radical (unpaired) electrons. The highest BCUT2D eigenvalue weighted by Crippen LogP contribution is 2.23. The van der Waals surface area contributed by atoms with E-state index in [4.69, 9.17) is 9.47 Å². The van der Waals surface area contributed by atoms with Gasteiger partial charge in [0.25, 0.3) is 0 Å². The highest BCUT2D eigenvalue weighted by molar-refractivity contribution is 5.84. The van der Waals surface area contributed by atoms with E-state index in [1.807, 2.05) is 44.2 Å². The topological polar surface area (TPSA) is 76.2 Å². The average Bonchev–Trinajstić information content (AvgIpc) is 3.13. The number of carbonyl (C=O) groups is 3. The Labute approximate surface area is 160 Å². The Hall–Kier alpha value is -2.57. The van der Waals surface area contributed by atoms with Crippen molar-refractivity contribution in [3.63, 3.8) is 0 Å². The van der Waals surface area contributed by atoms with Crippen molar-refractivity contribution in [1.82, 2.24) is 9.80 Å². The van der Waals surface area contributed by atoms with Crippen LogP contribution < -0.4 is 0 Å². The first-order chi connectivity index (χ1) is 12.8. The van der Waals surface area contributed by atoms with Crippen LogP contribution in [0.15, 0.2) is 30.3 Å². The Balaban J connectivity index is 2.01.